The van der Waals surface area contributed by atoms with E-state index in [4.69, 9.17) is 15.2 Å². The van der Waals surface area contributed by atoms with E-state index in [0.29, 0.717) is 36.4 Å². The first-order valence-electron chi connectivity index (χ1n) is 8.29. The van der Waals surface area contributed by atoms with Gasteiger partial charge in [-0.1, -0.05) is 0 Å². The number of aromatic nitrogens is 4. The molecule has 0 radical (unpaired) electrons. The van der Waals surface area contributed by atoms with Gasteiger partial charge >= 0.3 is 0 Å². The Morgan fingerprint density at radius 1 is 1.23 bits per heavy atom. The lowest BCUT2D eigenvalue weighted by atomic mass is 10.2. The molecule has 0 atom stereocenters. The van der Waals surface area contributed by atoms with Crippen molar-refractivity contribution in [3.8, 4) is 28.6 Å². The van der Waals surface area contributed by atoms with E-state index in [1.54, 1.807) is 4.68 Å². The molecule has 8 heteroatoms. The van der Waals surface area contributed by atoms with E-state index in [9.17, 15) is 4.79 Å². The van der Waals surface area contributed by atoms with Crippen LogP contribution in [-0.2, 0) is 18.3 Å². The molecule has 134 valence electrons. The molecule has 0 unspecified atom stereocenters. The summed E-state index contributed by atoms with van der Waals surface area (Å²) >= 11 is 0. The van der Waals surface area contributed by atoms with Crippen LogP contribution in [-0.4, -0.2) is 38.5 Å². The number of benzene rings is 1. The predicted octanol–water partition coefficient (Wildman–Crippen LogP) is 1.38. The molecule has 1 aromatic carbocycles. The van der Waals surface area contributed by atoms with Crippen molar-refractivity contribution in [1.29, 1.82) is 0 Å². The van der Waals surface area contributed by atoms with Crippen molar-refractivity contribution in [3.63, 3.8) is 0 Å². The lowest BCUT2D eigenvalue weighted by molar-refractivity contribution is -0.117. The second-order valence-corrected chi connectivity index (χ2v) is 6.16. The summed E-state index contributed by atoms with van der Waals surface area (Å²) in [5, 5.41) is 4.50. The first-order valence-corrected chi connectivity index (χ1v) is 8.29. The standard InChI is InChI=1S/C18H19N5O3/c1-11-13(5-6-22(11)2)18-20-17(10-16(19)24)21-23(18)12-3-4-14-15(9-12)26-8-7-25-14/h3-6,9H,7-8,10H2,1-2H3,(H2,19,24). The Balaban J connectivity index is 1.85. The summed E-state index contributed by atoms with van der Waals surface area (Å²) in [6.07, 6.45) is 1.94. The molecule has 0 aliphatic carbocycles. The lowest BCUT2D eigenvalue weighted by Gasteiger charge is -2.19. The van der Waals surface area contributed by atoms with E-state index in [-0.39, 0.29) is 6.42 Å². The Labute approximate surface area is 150 Å². The van der Waals surface area contributed by atoms with Gasteiger partial charge in [0.05, 0.1) is 12.1 Å². The Morgan fingerprint density at radius 2 is 2.00 bits per heavy atom. The van der Waals surface area contributed by atoms with Crippen LogP contribution in [0.2, 0.25) is 0 Å². The molecule has 3 aromatic rings. The van der Waals surface area contributed by atoms with Crippen molar-refractivity contribution in [2.45, 2.75) is 13.3 Å². The number of carbonyl (C=O) groups excluding carboxylic acids is 1. The molecule has 26 heavy (non-hydrogen) atoms. The second-order valence-electron chi connectivity index (χ2n) is 6.16. The van der Waals surface area contributed by atoms with Gasteiger partial charge in [-0.25, -0.2) is 9.67 Å². The summed E-state index contributed by atoms with van der Waals surface area (Å²) in [5.41, 5.74) is 8.07. The van der Waals surface area contributed by atoms with Crippen LogP contribution in [0.3, 0.4) is 0 Å². The van der Waals surface area contributed by atoms with Gasteiger partial charge in [0, 0.05) is 30.6 Å². The predicted molar refractivity (Wildman–Crippen MR) is 94.4 cm³/mol. The molecule has 2 aromatic heterocycles. The molecule has 3 heterocycles. The summed E-state index contributed by atoms with van der Waals surface area (Å²) in [5.74, 6) is 1.92. The number of nitrogens with zero attached hydrogens (tertiary/aromatic N) is 4. The normalized spacial score (nSPS) is 13.0. The summed E-state index contributed by atoms with van der Waals surface area (Å²) in [6, 6.07) is 7.57. The van der Waals surface area contributed by atoms with Gasteiger partial charge in [-0.2, -0.15) is 5.10 Å². The van der Waals surface area contributed by atoms with Crippen LogP contribution in [0.4, 0.5) is 0 Å². The number of carbonyl (C=O) groups is 1. The molecule has 0 saturated heterocycles. The highest BCUT2D eigenvalue weighted by atomic mass is 16.6. The van der Waals surface area contributed by atoms with Crippen molar-refractivity contribution in [3.05, 3.63) is 42.0 Å². The minimum absolute atomic E-state index is 0.0174. The lowest BCUT2D eigenvalue weighted by Crippen LogP contribution is -2.16. The molecule has 2 N–H and O–H groups in total. The van der Waals surface area contributed by atoms with Gasteiger partial charge in [0.1, 0.15) is 13.2 Å². The number of aryl methyl sites for hydroxylation is 1. The van der Waals surface area contributed by atoms with E-state index >= 15 is 0 Å². The summed E-state index contributed by atoms with van der Waals surface area (Å²) < 4.78 is 15.0. The van der Waals surface area contributed by atoms with E-state index < -0.39 is 5.91 Å². The van der Waals surface area contributed by atoms with E-state index in [1.165, 1.54) is 0 Å². The SMILES string of the molecule is Cc1c(-c2nc(CC(N)=O)nn2-c2ccc3c(c2)OCCO3)ccn1C. The molecule has 1 aliphatic heterocycles. The van der Waals surface area contributed by atoms with Gasteiger partial charge < -0.3 is 19.8 Å². The maximum Gasteiger partial charge on any atom is 0.225 e. The third kappa shape index (κ3) is 2.79. The zero-order chi connectivity index (χ0) is 18.3. The number of hydrogen-bond donors (Lipinski definition) is 1. The van der Waals surface area contributed by atoms with E-state index in [1.807, 2.05) is 49.0 Å². The Bertz CT molecular complexity index is 989. The smallest absolute Gasteiger partial charge is 0.225 e. The average molecular weight is 353 g/mol. The highest BCUT2D eigenvalue weighted by Crippen LogP contribution is 2.33. The van der Waals surface area contributed by atoms with Crippen molar-refractivity contribution < 1.29 is 14.3 Å². The summed E-state index contributed by atoms with van der Waals surface area (Å²) in [6.45, 7) is 3.05. The van der Waals surface area contributed by atoms with Crippen LogP contribution >= 0.6 is 0 Å². The zero-order valence-corrected chi connectivity index (χ0v) is 14.6. The van der Waals surface area contributed by atoms with Gasteiger partial charge in [0.15, 0.2) is 23.1 Å². The summed E-state index contributed by atoms with van der Waals surface area (Å²) in [4.78, 5) is 15.9. The van der Waals surface area contributed by atoms with E-state index in [2.05, 4.69) is 10.1 Å². The molecule has 0 saturated carbocycles. The number of nitrogens with two attached hydrogens (primary N) is 1. The second kappa shape index (κ2) is 6.21. The molecule has 0 spiro atoms. The number of fused-ring (bicyclic) bond motifs is 1. The van der Waals surface area contributed by atoms with Crippen LogP contribution < -0.4 is 15.2 Å². The maximum absolute atomic E-state index is 11.3. The number of hydrogen-bond acceptors (Lipinski definition) is 5. The molecule has 0 fully saturated rings. The highest BCUT2D eigenvalue weighted by Gasteiger charge is 2.20. The monoisotopic (exact) mass is 353 g/mol. The first kappa shape index (κ1) is 16.2. The quantitative estimate of drug-likeness (QED) is 0.764. The molecule has 0 bridgehead atoms. The fourth-order valence-electron chi connectivity index (χ4n) is 2.95. The number of ether oxygens (including phenoxy) is 2. The maximum atomic E-state index is 11.3. The van der Waals surface area contributed by atoms with Gasteiger partial charge in [0.2, 0.25) is 5.91 Å². The fraction of sp³-hybridized carbons (Fsp3) is 0.278. The van der Waals surface area contributed by atoms with Crippen molar-refractivity contribution >= 4 is 5.91 Å². The Hall–Kier alpha value is -3.29. The summed E-state index contributed by atoms with van der Waals surface area (Å²) in [7, 11) is 1.97. The van der Waals surface area contributed by atoms with Crippen molar-refractivity contribution in [1.82, 2.24) is 19.3 Å². The third-order valence-electron chi connectivity index (χ3n) is 4.38. The number of amides is 1. The molecular formula is C18H19N5O3. The van der Waals surface area contributed by atoms with Crippen molar-refractivity contribution in [2.75, 3.05) is 13.2 Å². The molecule has 1 amide bonds. The molecule has 4 rings (SSSR count). The third-order valence-corrected chi connectivity index (χ3v) is 4.38. The first-order chi connectivity index (χ1) is 12.5. The minimum Gasteiger partial charge on any atom is -0.486 e. The van der Waals surface area contributed by atoms with Gasteiger partial charge in [-0.05, 0) is 25.1 Å². The Kier molecular flexibility index (Phi) is 3.87. The zero-order valence-electron chi connectivity index (χ0n) is 14.6. The average Bonchev–Trinajstić information content (AvgIpc) is 3.18. The number of rotatable bonds is 4. The molecule has 1 aliphatic rings. The van der Waals surface area contributed by atoms with Crippen LogP contribution in [0, 0.1) is 6.92 Å². The molecule has 8 nitrogen and oxygen atoms in total. The van der Waals surface area contributed by atoms with Crippen LogP contribution in [0.15, 0.2) is 30.5 Å². The highest BCUT2D eigenvalue weighted by molar-refractivity contribution is 5.76. The van der Waals surface area contributed by atoms with Crippen LogP contribution in [0.5, 0.6) is 11.5 Å². The topological polar surface area (TPSA) is 97.2 Å². The fourth-order valence-corrected chi connectivity index (χ4v) is 2.95. The van der Waals surface area contributed by atoms with E-state index in [0.717, 1.165) is 16.9 Å². The Morgan fingerprint density at radius 3 is 2.69 bits per heavy atom. The van der Waals surface area contributed by atoms with Gasteiger partial charge in [0.25, 0.3) is 0 Å². The van der Waals surface area contributed by atoms with Crippen LogP contribution in [0.25, 0.3) is 17.1 Å². The number of primary amides is 1. The largest absolute Gasteiger partial charge is 0.486 e. The minimum atomic E-state index is -0.472. The van der Waals surface area contributed by atoms with Crippen LogP contribution in [0.1, 0.15) is 11.5 Å². The molecular weight excluding hydrogens is 334 g/mol. The van der Waals surface area contributed by atoms with Gasteiger partial charge in [-0.15, -0.1) is 0 Å². The van der Waals surface area contributed by atoms with Gasteiger partial charge in [-0.3, -0.25) is 4.79 Å². The van der Waals surface area contributed by atoms with Crippen molar-refractivity contribution in [2.24, 2.45) is 12.8 Å².